The number of hydrogen-bond acceptors (Lipinski definition) is 10. The molecular formula is C24H31N3O8. The van der Waals surface area contributed by atoms with E-state index in [9.17, 15) is 39.6 Å². The first-order chi connectivity index (χ1) is 16.3. The number of nitrogens with two attached hydrogens (primary N) is 2. The minimum Gasteiger partial charge on any atom is -0.508 e. The summed E-state index contributed by atoms with van der Waals surface area (Å²) in [6, 6.07) is 0.596. The van der Waals surface area contributed by atoms with Gasteiger partial charge in [0.05, 0.1) is 18.6 Å². The lowest BCUT2D eigenvalue weighted by Gasteiger charge is -2.47. The predicted octanol–water partition coefficient (Wildman–Crippen LogP) is -0.661. The van der Waals surface area contributed by atoms with Crippen LogP contribution in [0.5, 0.6) is 5.75 Å². The third-order valence-corrected chi connectivity index (χ3v) is 7.18. The molecule has 8 N–H and O–H groups in total. The van der Waals surface area contributed by atoms with Gasteiger partial charge in [-0.05, 0) is 51.4 Å². The van der Waals surface area contributed by atoms with Crippen molar-refractivity contribution in [3.8, 4) is 5.75 Å². The Morgan fingerprint density at radius 3 is 2.37 bits per heavy atom. The number of aliphatic hydroxyl groups excluding tert-OH is 2. The number of aromatic hydroxyl groups is 1. The van der Waals surface area contributed by atoms with E-state index in [2.05, 4.69) is 0 Å². The quantitative estimate of drug-likeness (QED) is 0.201. The Morgan fingerprint density at radius 2 is 1.89 bits per heavy atom. The van der Waals surface area contributed by atoms with Gasteiger partial charge in [-0.15, -0.1) is 0 Å². The van der Waals surface area contributed by atoms with E-state index in [-0.39, 0.29) is 53.0 Å². The number of amides is 1. The van der Waals surface area contributed by atoms with Gasteiger partial charge < -0.3 is 36.8 Å². The molecule has 35 heavy (non-hydrogen) atoms. The van der Waals surface area contributed by atoms with Crippen LogP contribution < -0.4 is 11.5 Å². The van der Waals surface area contributed by atoms with Crippen LogP contribution in [-0.4, -0.2) is 80.9 Å². The highest BCUT2D eigenvalue weighted by atomic mass is 16.3. The summed E-state index contributed by atoms with van der Waals surface area (Å²) in [4.78, 5) is 52.1. The molecule has 0 heterocycles. The molecule has 11 heteroatoms. The largest absolute Gasteiger partial charge is 0.508 e. The molecule has 0 spiro atoms. The molecule has 2 aliphatic rings. The summed E-state index contributed by atoms with van der Waals surface area (Å²) in [5.74, 6) is -6.58. The normalized spacial score (nSPS) is 24.7. The predicted molar refractivity (Wildman–Crippen MR) is 124 cm³/mol. The molecule has 3 rings (SSSR count). The summed E-state index contributed by atoms with van der Waals surface area (Å²) in [5.41, 5.74) is 8.31. The Bertz CT molecular complexity index is 1140. The zero-order valence-electron chi connectivity index (χ0n) is 19.9. The smallest absolute Gasteiger partial charge is 0.225 e. The van der Waals surface area contributed by atoms with Gasteiger partial charge in [0.2, 0.25) is 5.91 Å². The van der Waals surface area contributed by atoms with Crippen molar-refractivity contribution in [2.45, 2.75) is 44.4 Å². The second-order valence-corrected chi connectivity index (χ2v) is 9.43. The molecule has 0 radical (unpaired) electrons. The molecule has 0 aromatic heterocycles. The summed E-state index contributed by atoms with van der Waals surface area (Å²) in [6.07, 6.45) is -0.885. The van der Waals surface area contributed by atoms with Crippen LogP contribution in [0.2, 0.25) is 0 Å². The number of benzene rings is 1. The average molecular weight is 490 g/mol. The van der Waals surface area contributed by atoms with E-state index in [4.69, 9.17) is 11.5 Å². The van der Waals surface area contributed by atoms with Gasteiger partial charge in [0, 0.05) is 35.2 Å². The van der Waals surface area contributed by atoms with E-state index in [1.165, 1.54) is 13.0 Å². The fourth-order valence-electron chi connectivity index (χ4n) is 5.44. The summed E-state index contributed by atoms with van der Waals surface area (Å²) in [5, 5.41) is 43.6. The molecule has 0 saturated heterocycles. The number of carbonyl (C=O) groups is 4. The molecule has 0 fully saturated rings. The molecule has 11 nitrogen and oxygen atoms in total. The van der Waals surface area contributed by atoms with Crippen LogP contribution in [0.4, 0.5) is 0 Å². The number of primary amides is 1. The van der Waals surface area contributed by atoms with Crippen LogP contribution in [0, 0.1) is 11.8 Å². The second-order valence-electron chi connectivity index (χ2n) is 9.43. The van der Waals surface area contributed by atoms with E-state index in [0.29, 0.717) is 0 Å². The van der Waals surface area contributed by atoms with Crippen LogP contribution in [0.25, 0.3) is 0 Å². The third-order valence-electron chi connectivity index (χ3n) is 7.18. The van der Waals surface area contributed by atoms with Crippen LogP contribution in [-0.2, 0) is 22.6 Å². The Kier molecular flexibility index (Phi) is 7.19. The van der Waals surface area contributed by atoms with Gasteiger partial charge in [-0.1, -0.05) is 0 Å². The number of rotatable bonds is 8. The molecule has 0 bridgehead atoms. The van der Waals surface area contributed by atoms with Crippen molar-refractivity contribution >= 4 is 23.3 Å². The molecule has 0 saturated carbocycles. The number of ketones is 3. The number of allylic oxidation sites excluding steroid dienone is 1. The SMILES string of the molecule is CC(=O)c1cc(CN)c(O)c2c1C[C@H]1C[C@@H]([C@@H](CO)N(C)C)[C@@](O)(C(=O)CC(N)=O)C(O)=C1C2=O. The molecule has 190 valence electrons. The summed E-state index contributed by atoms with van der Waals surface area (Å²) in [7, 11) is 3.22. The number of phenolic OH excluding ortho intramolecular Hbond substituents is 1. The highest BCUT2D eigenvalue weighted by Gasteiger charge is 2.58. The van der Waals surface area contributed by atoms with Crippen molar-refractivity contribution in [2.24, 2.45) is 23.3 Å². The minimum atomic E-state index is -2.68. The van der Waals surface area contributed by atoms with E-state index in [1.54, 1.807) is 19.0 Å². The van der Waals surface area contributed by atoms with Crippen molar-refractivity contribution in [3.63, 3.8) is 0 Å². The van der Waals surface area contributed by atoms with Gasteiger partial charge in [-0.2, -0.15) is 0 Å². The molecule has 0 aliphatic heterocycles. The van der Waals surface area contributed by atoms with Gasteiger partial charge in [0.1, 0.15) is 11.5 Å². The Hall–Kier alpha value is -3.12. The highest BCUT2D eigenvalue weighted by Crippen LogP contribution is 2.50. The van der Waals surface area contributed by atoms with Gasteiger partial charge in [0.15, 0.2) is 23.0 Å². The van der Waals surface area contributed by atoms with E-state index in [0.717, 1.165) is 0 Å². The summed E-state index contributed by atoms with van der Waals surface area (Å²) < 4.78 is 0. The summed E-state index contributed by atoms with van der Waals surface area (Å²) in [6.45, 7) is 0.660. The number of aliphatic hydroxyl groups is 3. The summed E-state index contributed by atoms with van der Waals surface area (Å²) >= 11 is 0. The van der Waals surface area contributed by atoms with Crippen LogP contribution >= 0.6 is 0 Å². The van der Waals surface area contributed by atoms with Crippen molar-refractivity contribution < 1.29 is 39.6 Å². The maximum Gasteiger partial charge on any atom is 0.225 e. The van der Waals surface area contributed by atoms with E-state index < -0.39 is 65.5 Å². The van der Waals surface area contributed by atoms with Crippen molar-refractivity contribution in [1.29, 1.82) is 0 Å². The van der Waals surface area contributed by atoms with Crippen molar-refractivity contribution in [1.82, 2.24) is 4.90 Å². The van der Waals surface area contributed by atoms with Gasteiger partial charge in [0.25, 0.3) is 0 Å². The maximum absolute atomic E-state index is 13.6. The molecule has 2 aliphatic carbocycles. The topological polar surface area (TPSA) is 204 Å². The second kappa shape index (κ2) is 9.50. The standard InChI is InChI=1S/C24H31N3O8/c1-10(29)13-5-12(8-25)21(32)20-14(13)4-11-6-15(16(9-28)27(2)3)24(35,17(30)7-18(26)31)23(34)19(11)22(20)33/h5,11,15-16,28,32,34-35H,4,6-9,25H2,1-3H3,(H2,26,31)/t11-,15-,16+,24+/m0/s1. The first kappa shape index (κ1) is 26.5. The van der Waals surface area contributed by atoms with Crippen LogP contribution in [0.3, 0.4) is 0 Å². The van der Waals surface area contributed by atoms with Gasteiger partial charge >= 0.3 is 0 Å². The Labute approximate surface area is 202 Å². The molecule has 0 unspecified atom stereocenters. The van der Waals surface area contributed by atoms with Crippen LogP contribution in [0.1, 0.15) is 51.6 Å². The Morgan fingerprint density at radius 1 is 1.26 bits per heavy atom. The zero-order chi connectivity index (χ0) is 26.4. The maximum atomic E-state index is 13.6. The Balaban J connectivity index is 2.32. The van der Waals surface area contributed by atoms with Crippen LogP contribution in [0.15, 0.2) is 17.4 Å². The van der Waals surface area contributed by atoms with Gasteiger partial charge in [-0.25, -0.2) is 0 Å². The number of nitrogens with zero attached hydrogens (tertiary/aromatic N) is 1. The number of Topliss-reactive ketones (excluding diaryl/α,β-unsaturated/α-hetero) is 3. The highest BCUT2D eigenvalue weighted by molar-refractivity contribution is 6.16. The number of phenols is 1. The van der Waals surface area contributed by atoms with Crippen molar-refractivity contribution in [2.75, 3.05) is 20.7 Å². The van der Waals surface area contributed by atoms with E-state index >= 15 is 0 Å². The zero-order valence-corrected chi connectivity index (χ0v) is 19.9. The molecule has 1 aromatic rings. The molecule has 1 amide bonds. The number of fused-ring (bicyclic) bond motifs is 2. The lowest BCUT2D eigenvalue weighted by molar-refractivity contribution is -0.151. The molecule has 1 aromatic carbocycles. The third kappa shape index (κ3) is 4.14. The van der Waals surface area contributed by atoms with E-state index in [1.807, 2.05) is 0 Å². The first-order valence-electron chi connectivity index (χ1n) is 11.2. The van der Waals surface area contributed by atoms with Gasteiger partial charge in [-0.3, -0.25) is 19.2 Å². The number of likely N-dealkylation sites (N-methyl/N-ethyl adjacent to an activating group) is 1. The fourth-order valence-corrected chi connectivity index (χ4v) is 5.44. The minimum absolute atomic E-state index is 0.0360. The average Bonchev–Trinajstić information content (AvgIpc) is 2.76. The van der Waals surface area contributed by atoms with Crippen molar-refractivity contribution in [3.05, 3.63) is 39.7 Å². The molecule has 4 atom stereocenters. The monoisotopic (exact) mass is 489 g/mol. The lowest BCUT2D eigenvalue weighted by atomic mass is 9.61. The lowest BCUT2D eigenvalue weighted by Crippen LogP contribution is -2.60. The number of hydrogen-bond donors (Lipinski definition) is 6. The molecular weight excluding hydrogens is 458 g/mol. The fraction of sp³-hybridized carbons (Fsp3) is 0.500. The first-order valence-corrected chi connectivity index (χ1v) is 11.2. The number of carbonyl (C=O) groups excluding carboxylic acids is 4.